The summed E-state index contributed by atoms with van der Waals surface area (Å²) >= 11 is 2.80. The summed E-state index contributed by atoms with van der Waals surface area (Å²) in [5, 5.41) is 13.4. The molecule has 6 heteroatoms. The Bertz CT molecular complexity index is 432. The number of amides is 1. The highest BCUT2D eigenvalue weighted by atomic mass is 32.2. The Hall–Kier alpha value is -1.01. The van der Waals surface area contributed by atoms with Crippen LogP contribution in [0.3, 0.4) is 0 Å². The molecule has 1 aromatic heterocycles. The third-order valence-electron chi connectivity index (χ3n) is 2.89. The van der Waals surface area contributed by atoms with Gasteiger partial charge in [-0.2, -0.15) is 0 Å². The highest BCUT2D eigenvalue weighted by molar-refractivity contribution is 8.01. The minimum absolute atomic E-state index is 0.00648. The number of nitrogens with one attached hydrogen (secondary N) is 1. The van der Waals surface area contributed by atoms with Crippen molar-refractivity contribution in [3.05, 3.63) is 22.4 Å². The van der Waals surface area contributed by atoms with E-state index in [4.69, 9.17) is 5.11 Å². The zero-order chi connectivity index (χ0) is 15.1. The van der Waals surface area contributed by atoms with E-state index in [2.05, 4.69) is 19.2 Å². The van der Waals surface area contributed by atoms with E-state index in [1.807, 2.05) is 24.4 Å². The Kier molecular flexibility index (Phi) is 7.09. The molecule has 4 nitrogen and oxygen atoms in total. The fourth-order valence-corrected chi connectivity index (χ4v) is 3.55. The van der Waals surface area contributed by atoms with Gasteiger partial charge in [-0.15, -0.1) is 23.1 Å². The number of thioether (sulfide) groups is 1. The lowest BCUT2D eigenvalue weighted by Gasteiger charge is -2.21. The molecule has 0 fully saturated rings. The molecule has 1 heterocycles. The summed E-state index contributed by atoms with van der Waals surface area (Å²) in [6.45, 7) is 5.93. The number of rotatable bonds is 8. The summed E-state index contributed by atoms with van der Waals surface area (Å²) in [6.07, 6.45) is 0.520. The van der Waals surface area contributed by atoms with Crippen molar-refractivity contribution in [1.29, 1.82) is 0 Å². The molecule has 0 aromatic carbocycles. The van der Waals surface area contributed by atoms with Crippen LogP contribution in [0.2, 0.25) is 0 Å². The average Bonchev–Trinajstić information content (AvgIpc) is 2.89. The zero-order valence-electron chi connectivity index (χ0n) is 12.0. The minimum Gasteiger partial charge on any atom is -0.480 e. The van der Waals surface area contributed by atoms with Gasteiger partial charge in [0, 0.05) is 4.88 Å². The van der Waals surface area contributed by atoms with Gasteiger partial charge in [0.05, 0.1) is 11.8 Å². The molecular formula is C14H21NO3S2. The van der Waals surface area contributed by atoms with Crippen molar-refractivity contribution in [3.8, 4) is 0 Å². The summed E-state index contributed by atoms with van der Waals surface area (Å²) in [4.78, 5) is 24.0. The summed E-state index contributed by atoms with van der Waals surface area (Å²) < 4.78 is 0. The smallest absolute Gasteiger partial charge is 0.316 e. The maximum absolute atomic E-state index is 12.0. The van der Waals surface area contributed by atoms with E-state index >= 15 is 0 Å². The molecule has 2 atom stereocenters. The molecule has 0 saturated carbocycles. The summed E-state index contributed by atoms with van der Waals surface area (Å²) in [6, 6.07) is 3.97. The highest BCUT2D eigenvalue weighted by Crippen LogP contribution is 2.26. The topological polar surface area (TPSA) is 66.4 Å². The van der Waals surface area contributed by atoms with Crippen molar-refractivity contribution in [1.82, 2.24) is 5.32 Å². The van der Waals surface area contributed by atoms with Gasteiger partial charge < -0.3 is 10.4 Å². The van der Waals surface area contributed by atoms with E-state index in [1.165, 1.54) is 11.8 Å². The summed E-state index contributed by atoms with van der Waals surface area (Å²) in [5.41, 5.74) is 0. The molecule has 1 amide bonds. The van der Waals surface area contributed by atoms with E-state index in [0.29, 0.717) is 12.3 Å². The normalized spacial score (nSPS) is 14.0. The van der Waals surface area contributed by atoms with Gasteiger partial charge in [0.25, 0.3) is 0 Å². The molecule has 0 aliphatic heterocycles. The number of carbonyl (C=O) groups is 2. The van der Waals surface area contributed by atoms with Crippen molar-refractivity contribution in [2.75, 3.05) is 5.75 Å². The predicted octanol–water partition coefficient (Wildman–Crippen LogP) is 3.16. The predicted molar refractivity (Wildman–Crippen MR) is 84.2 cm³/mol. The second kappa shape index (κ2) is 8.32. The molecule has 0 saturated heterocycles. The van der Waals surface area contributed by atoms with Gasteiger partial charge in [-0.25, -0.2) is 0 Å². The third kappa shape index (κ3) is 5.17. The Balaban J connectivity index is 2.53. The van der Waals surface area contributed by atoms with Crippen LogP contribution in [-0.2, 0) is 9.59 Å². The fourth-order valence-electron chi connectivity index (χ4n) is 1.79. The van der Waals surface area contributed by atoms with Crippen LogP contribution < -0.4 is 5.32 Å². The molecule has 0 radical (unpaired) electrons. The van der Waals surface area contributed by atoms with E-state index in [-0.39, 0.29) is 17.7 Å². The number of aliphatic carboxylic acids is 1. The number of carboxylic acid groups (broad SMARTS) is 1. The van der Waals surface area contributed by atoms with Gasteiger partial charge in [-0.3, -0.25) is 9.59 Å². The first-order valence-electron chi connectivity index (χ1n) is 6.62. The van der Waals surface area contributed by atoms with Crippen LogP contribution in [0.4, 0.5) is 0 Å². The third-order valence-corrected chi connectivity index (χ3v) is 5.22. The van der Waals surface area contributed by atoms with Gasteiger partial charge in [0.1, 0.15) is 5.25 Å². The van der Waals surface area contributed by atoms with Crippen LogP contribution in [-0.4, -0.2) is 28.0 Å². The average molecular weight is 315 g/mol. The number of hydrogen-bond acceptors (Lipinski definition) is 4. The van der Waals surface area contributed by atoms with Crippen LogP contribution in [0.5, 0.6) is 0 Å². The molecule has 1 rings (SSSR count). The first-order valence-corrected chi connectivity index (χ1v) is 8.55. The quantitative estimate of drug-likeness (QED) is 0.773. The molecular weight excluding hydrogens is 294 g/mol. The maximum Gasteiger partial charge on any atom is 0.316 e. The number of carbonyl (C=O) groups excluding carboxylic acids is 1. The Labute approximate surface area is 128 Å². The van der Waals surface area contributed by atoms with E-state index in [9.17, 15) is 9.59 Å². The second-order valence-corrected chi connectivity index (χ2v) is 7.02. The van der Waals surface area contributed by atoms with Crippen molar-refractivity contribution in [2.45, 2.75) is 38.5 Å². The van der Waals surface area contributed by atoms with Crippen LogP contribution in [0, 0.1) is 5.92 Å². The molecule has 2 N–H and O–H groups in total. The Morgan fingerprint density at radius 3 is 2.60 bits per heavy atom. The SMILES string of the molecule is CCC(SCC(=O)NC(c1cccs1)C(C)C)C(=O)O. The largest absolute Gasteiger partial charge is 0.480 e. The van der Waals surface area contributed by atoms with Gasteiger partial charge in [-0.1, -0.05) is 26.8 Å². The fraction of sp³-hybridized carbons (Fsp3) is 0.571. The molecule has 112 valence electrons. The van der Waals surface area contributed by atoms with Crippen molar-refractivity contribution < 1.29 is 14.7 Å². The lowest BCUT2D eigenvalue weighted by molar-refractivity contribution is -0.136. The van der Waals surface area contributed by atoms with Gasteiger partial charge in [0.15, 0.2) is 0 Å². The molecule has 0 aliphatic carbocycles. The van der Waals surface area contributed by atoms with Crippen LogP contribution in [0.25, 0.3) is 0 Å². The standard InChI is InChI=1S/C14H21NO3S2/c1-4-10(14(17)18)20-8-12(16)15-13(9(2)3)11-6-5-7-19-11/h5-7,9-10,13H,4,8H2,1-3H3,(H,15,16)(H,17,18). The molecule has 1 aromatic rings. The molecule has 0 bridgehead atoms. The first-order chi connectivity index (χ1) is 9.45. The lowest BCUT2D eigenvalue weighted by Crippen LogP contribution is -2.33. The van der Waals surface area contributed by atoms with Crippen LogP contribution in [0.15, 0.2) is 17.5 Å². The van der Waals surface area contributed by atoms with E-state index in [1.54, 1.807) is 11.3 Å². The molecule has 20 heavy (non-hydrogen) atoms. The number of thiophene rings is 1. The Morgan fingerprint density at radius 2 is 2.15 bits per heavy atom. The first kappa shape index (κ1) is 17.0. The second-order valence-electron chi connectivity index (χ2n) is 4.85. The maximum atomic E-state index is 12.0. The molecule has 0 spiro atoms. The lowest BCUT2D eigenvalue weighted by atomic mass is 10.0. The molecule has 2 unspecified atom stereocenters. The van der Waals surface area contributed by atoms with Crippen LogP contribution >= 0.6 is 23.1 Å². The Morgan fingerprint density at radius 1 is 1.45 bits per heavy atom. The van der Waals surface area contributed by atoms with Crippen molar-refractivity contribution in [3.63, 3.8) is 0 Å². The van der Waals surface area contributed by atoms with Gasteiger partial charge >= 0.3 is 5.97 Å². The highest BCUT2D eigenvalue weighted by Gasteiger charge is 2.21. The zero-order valence-corrected chi connectivity index (χ0v) is 13.6. The number of hydrogen-bond donors (Lipinski definition) is 2. The van der Waals surface area contributed by atoms with Gasteiger partial charge in [-0.05, 0) is 23.8 Å². The van der Waals surface area contributed by atoms with Crippen molar-refractivity contribution >= 4 is 35.0 Å². The minimum atomic E-state index is -0.857. The van der Waals surface area contributed by atoms with E-state index in [0.717, 1.165) is 4.88 Å². The van der Waals surface area contributed by atoms with E-state index < -0.39 is 11.2 Å². The van der Waals surface area contributed by atoms with Crippen molar-refractivity contribution in [2.24, 2.45) is 5.92 Å². The summed E-state index contributed by atoms with van der Waals surface area (Å²) in [5.74, 6) is -0.492. The summed E-state index contributed by atoms with van der Waals surface area (Å²) in [7, 11) is 0. The monoisotopic (exact) mass is 315 g/mol. The number of carboxylic acids is 1. The van der Waals surface area contributed by atoms with Crippen LogP contribution in [0.1, 0.15) is 38.1 Å². The van der Waals surface area contributed by atoms with Gasteiger partial charge in [0.2, 0.25) is 5.91 Å². The molecule has 0 aliphatic rings.